The van der Waals surface area contributed by atoms with Crippen LogP contribution in [0.5, 0.6) is 0 Å². The van der Waals surface area contributed by atoms with Gasteiger partial charge in [-0.15, -0.1) is 0 Å². The van der Waals surface area contributed by atoms with Crippen LogP contribution in [-0.4, -0.2) is 25.1 Å². The van der Waals surface area contributed by atoms with Gasteiger partial charge >= 0.3 is 0 Å². The van der Waals surface area contributed by atoms with Crippen LogP contribution in [0.1, 0.15) is 25.2 Å². The molecule has 3 aromatic rings. The predicted molar refractivity (Wildman–Crippen MR) is 130 cm³/mol. The molecule has 0 heterocycles. The Morgan fingerprint density at radius 1 is 0.938 bits per heavy atom. The van der Waals surface area contributed by atoms with Crippen molar-refractivity contribution >= 4 is 29.7 Å². The van der Waals surface area contributed by atoms with Crippen LogP contribution in [0.4, 0.5) is 17.1 Å². The van der Waals surface area contributed by atoms with Crippen molar-refractivity contribution in [1.82, 2.24) is 0 Å². The second-order valence-electron chi connectivity index (χ2n) is 7.92. The summed E-state index contributed by atoms with van der Waals surface area (Å²) >= 11 is 0. The van der Waals surface area contributed by atoms with Gasteiger partial charge < -0.3 is 14.7 Å². The average molecular weight is 453 g/mol. The fraction of sp³-hybridized carbons (Fsp3) is 0.250. The number of anilines is 2. The quantitative estimate of drug-likeness (QED) is 0.250. The third-order valence-corrected chi connectivity index (χ3v) is 7.79. The van der Waals surface area contributed by atoms with Crippen LogP contribution >= 0.6 is 7.37 Å². The molecule has 1 N–H and O–H groups in total. The highest BCUT2D eigenvalue weighted by molar-refractivity contribution is 7.67. The van der Waals surface area contributed by atoms with Crippen LogP contribution in [0.3, 0.4) is 0 Å². The van der Waals surface area contributed by atoms with Gasteiger partial charge in [0.05, 0.1) is 11.0 Å². The van der Waals surface area contributed by atoms with E-state index in [1.807, 2.05) is 87.4 Å². The molecule has 0 amide bonds. The number of hydrogen-bond donors (Lipinski definition) is 1. The van der Waals surface area contributed by atoms with Gasteiger partial charge in [0.1, 0.15) is 5.78 Å². The normalized spacial score (nSPS) is 13.9. The van der Waals surface area contributed by atoms with E-state index in [0.29, 0.717) is 11.0 Å². The molecular weight excluding hydrogens is 425 g/mol. The zero-order valence-electron chi connectivity index (χ0n) is 18.6. The molecule has 2 unspecified atom stereocenters. The van der Waals surface area contributed by atoms with Crippen molar-refractivity contribution in [2.45, 2.75) is 25.7 Å². The Labute approximate surface area is 188 Å². The maximum Gasteiger partial charge on any atom is 0.269 e. The van der Waals surface area contributed by atoms with Gasteiger partial charge in [-0.2, -0.15) is 0 Å². The number of benzene rings is 3. The molecule has 0 spiro atoms. The highest BCUT2D eigenvalue weighted by Crippen LogP contribution is 2.59. The van der Waals surface area contributed by atoms with E-state index in [4.69, 9.17) is 4.52 Å². The van der Waals surface area contributed by atoms with Gasteiger partial charge in [0.2, 0.25) is 0 Å². The van der Waals surface area contributed by atoms with Crippen molar-refractivity contribution in [2.24, 2.45) is 0 Å². The summed E-state index contributed by atoms with van der Waals surface area (Å²) in [4.78, 5) is 12.5. The lowest BCUT2D eigenvalue weighted by atomic mass is 10.2. The Morgan fingerprint density at radius 3 is 2.03 bits per heavy atom. The number of nitro groups is 1. The van der Waals surface area contributed by atoms with E-state index in [-0.39, 0.29) is 11.8 Å². The van der Waals surface area contributed by atoms with Crippen molar-refractivity contribution < 1.29 is 14.0 Å². The molecule has 2 atom stereocenters. The molecule has 0 aliphatic rings. The third kappa shape index (κ3) is 5.36. The lowest BCUT2D eigenvalue weighted by molar-refractivity contribution is -0.384. The van der Waals surface area contributed by atoms with Crippen LogP contribution in [0, 0.1) is 10.1 Å². The van der Waals surface area contributed by atoms with Gasteiger partial charge in [-0.3, -0.25) is 14.7 Å². The van der Waals surface area contributed by atoms with Crippen LogP contribution in [0.25, 0.3) is 0 Å². The van der Waals surface area contributed by atoms with Crippen molar-refractivity contribution in [3.63, 3.8) is 0 Å². The largest absolute Gasteiger partial charge is 0.378 e. The summed E-state index contributed by atoms with van der Waals surface area (Å²) in [7, 11) is 0.423. The van der Waals surface area contributed by atoms with Crippen molar-refractivity contribution in [2.75, 3.05) is 24.3 Å². The number of nitrogens with one attached hydrogen (secondary N) is 1. The number of rotatable bonds is 9. The van der Waals surface area contributed by atoms with E-state index in [2.05, 4.69) is 5.32 Å². The van der Waals surface area contributed by atoms with Crippen LogP contribution in [0.15, 0.2) is 78.9 Å². The number of nitrogens with zero attached hydrogens (tertiary/aromatic N) is 2. The monoisotopic (exact) mass is 453 g/mol. The van der Waals surface area contributed by atoms with E-state index in [1.165, 1.54) is 12.1 Å². The molecular formula is C24H28N3O4P. The number of hydrogen-bond acceptors (Lipinski definition) is 6. The zero-order chi connectivity index (χ0) is 23.3. The highest BCUT2D eigenvalue weighted by Gasteiger charge is 2.38. The predicted octanol–water partition coefficient (Wildman–Crippen LogP) is 5.80. The Balaban J connectivity index is 2.09. The summed E-state index contributed by atoms with van der Waals surface area (Å²) in [6, 6.07) is 23.0. The summed E-state index contributed by atoms with van der Waals surface area (Å²) in [5.41, 5.74) is 2.39. The van der Waals surface area contributed by atoms with Gasteiger partial charge in [-0.05, 0) is 55.8 Å². The van der Waals surface area contributed by atoms with E-state index in [1.54, 1.807) is 12.1 Å². The molecule has 3 aromatic carbocycles. The molecule has 0 radical (unpaired) electrons. The van der Waals surface area contributed by atoms with E-state index < -0.39 is 18.1 Å². The minimum Gasteiger partial charge on any atom is -0.378 e. The van der Waals surface area contributed by atoms with Gasteiger partial charge in [-0.1, -0.05) is 30.3 Å². The Morgan fingerprint density at radius 2 is 1.53 bits per heavy atom. The number of nitro benzene ring substituents is 1. The van der Waals surface area contributed by atoms with Gasteiger partial charge in [0.25, 0.3) is 13.1 Å². The summed E-state index contributed by atoms with van der Waals surface area (Å²) in [5, 5.41) is 14.9. The maximum absolute atomic E-state index is 14.6. The second-order valence-corrected chi connectivity index (χ2v) is 10.4. The van der Waals surface area contributed by atoms with Crippen LogP contribution < -0.4 is 15.5 Å². The molecule has 168 valence electrons. The SMILES string of the molecule is CC(C)OP(=O)(c1ccc(N(C)C)cc1)C(Nc1ccc([N+](=O)[O-])cc1)c1ccccc1. The summed E-state index contributed by atoms with van der Waals surface area (Å²) in [6.07, 6.45) is -0.278. The second kappa shape index (κ2) is 9.98. The topological polar surface area (TPSA) is 84.7 Å². The summed E-state index contributed by atoms with van der Waals surface area (Å²) in [5.74, 6) is -0.683. The van der Waals surface area contributed by atoms with E-state index in [9.17, 15) is 14.7 Å². The first-order valence-corrected chi connectivity index (χ1v) is 12.0. The molecule has 0 saturated heterocycles. The van der Waals surface area contributed by atoms with Gasteiger partial charge in [0.15, 0.2) is 0 Å². The maximum atomic E-state index is 14.6. The van der Waals surface area contributed by atoms with Gasteiger partial charge in [-0.25, -0.2) is 0 Å². The first-order chi connectivity index (χ1) is 15.2. The van der Waals surface area contributed by atoms with Crippen LogP contribution in [-0.2, 0) is 9.09 Å². The molecule has 8 heteroatoms. The molecule has 0 aliphatic heterocycles. The van der Waals surface area contributed by atoms with Crippen molar-refractivity contribution in [3.8, 4) is 0 Å². The van der Waals surface area contributed by atoms with Crippen molar-refractivity contribution in [3.05, 3.63) is 94.5 Å². The van der Waals surface area contributed by atoms with E-state index >= 15 is 0 Å². The Hall–Kier alpha value is -3.15. The number of non-ortho nitro benzene ring substituents is 1. The fourth-order valence-electron chi connectivity index (χ4n) is 3.38. The van der Waals surface area contributed by atoms with Crippen LogP contribution in [0.2, 0.25) is 0 Å². The molecule has 7 nitrogen and oxygen atoms in total. The van der Waals surface area contributed by atoms with E-state index in [0.717, 1.165) is 11.3 Å². The first-order valence-electron chi connectivity index (χ1n) is 10.3. The summed E-state index contributed by atoms with van der Waals surface area (Å²) < 4.78 is 20.7. The minimum atomic E-state index is -3.47. The lowest BCUT2D eigenvalue weighted by Crippen LogP contribution is -2.22. The lowest BCUT2D eigenvalue weighted by Gasteiger charge is -2.31. The summed E-state index contributed by atoms with van der Waals surface area (Å²) in [6.45, 7) is 3.71. The molecule has 32 heavy (non-hydrogen) atoms. The molecule has 0 fully saturated rings. The smallest absolute Gasteiger partial charge is 0.269 e. The first kappa shape index (κ1) is 23.5. The zero-order valence-corrected chi connectivity index (χ0v) is 19.5. The van der Waals surface area contributed by atoms with Crippen molar-refractivity contribution in [1.29, 1.82) is 0 Å². The molecule has 0 bridgehead atoms. The molecule has 3 rings (SSSR count). The Kier molecular flexibility index (Phi) is 7.33. The molecule has 0 aliphatic carbocycles. The average Bonchev–Trinajstić information content (AvgIpc) is 2.78. The standard InChI is InChI=1S/C24H28N3O4P/c1-18(2)31-32(30,23-16-14-21(15-17-23)26(3)4)24(19-8-6-5-7-9-19)25-20-10-12-22(13-11-20)27(28)29/h5-18,24-25H,1-4H3. The highest BCUT2D eigenvalue weighted by atomic mass is 31.2. The third-order valence-electron chi connectivity index (χ3n) is 4.93. The minimum absolute atomic E-state index is 0.00676. The van der Waals surface area contributed by atoms with Gasteiger partial charge in [0, 0.05) is 42.9 Å². The fourth-order valence-corrected chi connectivity index (χ4v) is 6.00. The molecule has 0 aromatic heterocycles. The Bertz CT molecular complexity index is 1080. The molecule has 0 saturated carbocycles.